The molecule has 3 unspecified atom stereocenters. The van der Waals surface area contributed by atoms with E-state index in [0.717, 1.165) is 32.1 Å². The average Bonchev–Trinajstić information content (AvgIpc) is 2.86. The third-order valence-electron chi connectivity index (χ3n) is 5.04. The topological polar surface area (TPSA) is 92.4 Å². The van der Waals surface area contributed by atoms with Crippen LogP contribution in [0.1, 0.15) is 51.9 Å². The van der Waals surface area contributed by atoms with E-state index in [9.17, 15) is 14.7 Å². The molecular formula is C15H26N2O3. The van der Waals surface area contributed by atoms with Crippen molar-refractivity contribution in [3.05, 3.63) is 0 Å². The van der Waals surface area contributed by atoms with Crippen LogP contribution in [0.5, 0.6) is 0 Å². The van der Waals surface area contributed by atoms with Gasteiger partial charge in [0.05, 0.1) is 11.8 Å². The summed E-state index contributed by atoms with van der Waals surface area (Å²) in [7, 11) is 0. The van der Waals surface area contributed by atoms with E-state index in [4.69, 9.17) is 5.73 Å². The Hall–Kier alpha value is -1.10. The molecule has 2 rings (SSSR count). The Morgan fingerprint density at radius 1 is 1.20 bits per heavy atom. The van der Waals surface area contributed by atoms with Gasteiger partial charge in [0.1, 0.15) is 0 Å². The summed E-state index contributed by atoms with van der Waals surface area (Å²) in [5.41, 5.74) is 6.04. The number of hydrogen-bond acceptors (Lipinski definition) is 3. The number of amides is 1. The first-order valence-electron chi connectivity index (χ1n) is 7.81. The summed E-state index contributed by atoms with van der Waals surface area (Å²) < 4.78 is 0. The van der Waals surface area contributed by atoms with E-state index in [0.29, 0.717) is 18.8 Å². The number of carbonyl (C=O) groups is 2. The smallest absolute Gasteiger partial charge is 0.307 e. The van der Waals surface area contributed by atoms with Gasteiger partial charge in [0.2, 0.25) is 5.91 Å². The van der Waals surface area contributed by atoms with Crippen LogP contribution >= 0.6 is 0 Å². The number of carboxylic acids is 1. The monoisotopic (exact) mass is 282 g/mol. The predicted octanol–water partition coefficient (Wildman–Crippen LogP) is 1.51. The molecule has 4 N–H and O–H groups in total. The summed E-state index contributed by atoms with van der Waals surface area (Å²) in [5.74, 6) is -1.50. The molecule has 0 saturated heterocycles. The van der Waals surface area contributed by atoms with Crippen LogP contribution in [0.3, 0.4) is 0 Å². The second kappa shape index (κ2) is 6.57. The minimum absolute atomic E-state index is 0.0133. The van der Waals surface area contributed by atoms with Crippen molar-refractivity contribution in [2.75, 3.05) is 0 Å². The van der Waals surface area contributed by atoms with Crippen LogP contribution in [0.4, 0.5) is 0 Å². The molecule has 2 fully saturated rings. The van der Waals surface area contributed by atoms with Crippen LogP contribution in [-0.2, 0) is 9.59 Å². The van der Waals surface area contributed by atoms with E-state index in [1.54, 1.807) is 0 Å². The van der Waals surface area contributed by atoms with E-state index in [1.807, 2.05) is 0 Å². The summed E-state index contributed by atoms with van der Waals surface area (Å²) in [6.07, 6.45) is 6.32. The van der Waals surface area contributed by atoms with Gasteiger partial charge in [0, 0.05) is 12.1 Å². The van der Waals surface area contributed by atoms with Gasteiger partial charge in [-0.2, -0.15) is 0 Å². The maximum Gasteiger partial charge on any atom is 0.307 e. The minimum atomic E-state index is -0.839. The van der Waals surface area contributed by atoms with Crippen LogP contribution in [0.2, 0.25) is 0 Å². The predicted molar refractivity (Wildman–Crippen MR) is 76.0 cm³/mol. The highest BCUT2D eigenvalue weighted by Crippen LogP contribution is 2.38. The van der Waals surface area contributed by atoms with Crippen LogP contribution in [0.15, 0.2) is 0 Å². The molecule has 1 amide bonds. The van der Waals surface area contributed by atoms with Gasteiger partial charge in [-0.1, -0.05) is 26.2 Å². The summed E-state index contributed by atoms with van der Waals surface area (Å²) >= 11 is 0. The van der Waals surface area contributed by atoms with Crippen LogP contribution < -0.4 is 11.1 Å². The number of nitrogens with one attached hydrogen (secondary N) is 1. The van der Waals surface area contributed by atoms with Crippen molar-refractivity contribution >= 4 is 11.9 Å². The van der Waals surface area contributed by atoms with E-state index in [2.05, 4.69) is 12.2 Å². The lowest BCUT2D eigenvalue weighted by molar-refractivity contribution is -0.146. The standard InChI is InChI=1S/C15H26N2O3/c1-2-9-7-10(11(8-9)15(19)20)14(18)17-13-6-4-3-5-12(13)16/h9-13H,2-8,16H2,1H3,(H,17,18)(H,19,20)/t9?,10-,11+,12?,13?/m0/s1. The number of hydrogen-bond donors (Lipinski definition) is 3. The molecule has 0 aromatic carbocycles. The highest BCUT2D eigenvalue weighted by molar-refractivity contribution is 5.85. The fraction of sp³-hybridized carbons (Fsp3) is 0.867. The van der Waals surface area contributed by atoms with Crippen molar-refractivity contribution in [1.29, 1.82) is 0 Å². The maximum absolute atomic E-state index is 12.4. The Morgan fingerprint density at radius 2 is 1.85 bits per heavy atom. The molecule has 5 atom stereocenters. The number of carbonyl (C=O) groups excluding carboxylic acids is 1. The zero-order chi connectivity index (χ0) is 14.7. The fourth-order valence-electron chi connectivity index (χ4n) is 3.67. The molecule has 2 saturated carbocycles. The Bertz CT molecular complexity index is 372. The second-order valence-electron chi connectivity index (χ2n) is 6.36. The number of aliphatic carboxylic acids is 1. The van der Waals surface area contributed by atoms with Crippen molar-refractivity contribution in [2.24, 2.45) is 23.5 Å². The molecule has 0 heterocycles. The normalized spacial score (nSPS) is 37.6. The van der Waals surface area contributed by atoms with Crippen LogP contribution in [0.25, 0.3) is 0 Å². The Morgan fingerprint density at radius 3 is 2.45 bits per heavy atom. The summed E-state index contributed by atoms with van der Waals surface area (Å²) in [6.45, 7) is 2.06. The molecular weight excluding hydrogens is 256 g/mol. The Kier molecular flexibility index (Phi) is 5.02. The highest BCUT2D eigenvalue weighted by atomic mass is 16.4. The molecule has 2 aliphatic carbocycles. The summed E-state index contributed by atoms with van der Waals surface area (Å²) in [4.78, 5) is 23.7. The number of carboxylic acid groups (broad SMARTS) is 1. The highest BCUT2D eigenvalue weighted by Gasteiger charge is 2.42. The lowest BCUT2D eigenvalue weighted by atomic mass is 9.89. The molecule has 5 nitrogen and oxygen atoms in total. The largest absolute Gasteiger partial charge is 0.481 e. The molecule has 0 radical (unpaired) electrons. The van der Waals surface area contributed by atoms with Gasteiger partial charge >= 0.3 is 5.97 Å². The van der Waals surface area contributed by atoms with E-state index >= 15 is 0 Å². The fourth-order valence-corrected chi connectivity index (χ4v) is 3.67. The molecule has 0 aromatic rings. The van der Waals surface area contributed by atoms with Crippen molar-refractivity contribution in [3.8, 4) is 0 Å². The van der Waals surface area contributed by atoms with Gasteiger partial charge in [-0.15, -0.1) is 0 Å². The van der Waals surface area contributed by atoms with Crippen LogP contribution in [0, 0.1) is 17.8 Å². The van der Waals surface area contributed by atoms with Gasteiger partial charge < -0.3 is 16.2 Å². The minimum Gasteiger partial charge on any atom is -0.481 e. The molecule has 5 heteroatoms. The Balaban J connectivity index is 1.98. The van der Waals surface area contributed by atoms with E-state index in [1.165, 1.54) is 0 Å². The third kappa shape index (κ3) is 3.32. The molecule has 0 bridgehead atoms. The molecule has 114 valence electrons. The van der Waals surface area contributed by atoms with Gasteiger partial charge in [-0.25, -0.2) is 0 Å². The third-order valence-corrected chi connectivity index (χ3v) is 5.04. The van der Waals surface area contributed by atoms with Crippen molar-refractivity contribution in [2.45, 2.75) is 64.0 Å². The first-order valence-corrected chi connectivity index (χ1v) is 7.81. The van der Waals surface area contributed by atoms with E-state index < -0.39 is 11.9 Å². The molecule has 2 aliphatic rings. The van der Waals surface area contributed by atoms with Gasteiger partial charge in [-0.05, 0) is 31.6 Å². The molecule has 0 spiro atoms. The van der Waals surface area contributed by atoms with Crippen molar-refractivity contribution in [1.82, 2.24) is 5.32 Å². The number of nitrogens with two attached hydrogens (primary N) is 1. The lowest BCUT2D eigenvalue weighted by Gasteiger charge is -2.30. The van der Waals surface area contributed by atoms with Crippen molar-refractivity contribution in [3.63, 3.8) is 0 Å². The summed E-state index contributed by atoms with van der Waals surface area (Å²) in [5, 5.41) is 12.3. The zero-order valence-corrected chi connectivity index (χ0v) is 12.2. The summed E-state index contributed by atoms with van der Waals surface area (Å²) in [6, 6.07) is 0.0331. The molecule has 0 aliphatic heterocycles. The van der Waals surface area contributed by atoms with Gasteiger partial charge in [0.25, 0.3) is 0 Å². The Labute approximate surface area is 120 Å². The quantitative estimate of drug-likeness (QED) is 0.728. The van der Waals surface area contributed by atoms with Crippen LogP contribution in [-0.4, -0.2) is 29.1 Å². The van der Waals surface area contributed by atoms with Crippen molar-refractivity contribution < 1.29 is 14.7 Å². The first-order chi connectivity index (χ1) is 9.52. The second-order valence-corrected chi connectivity index (χ2v) is 6.36. The first kappa shape index (κ1) is 15.3. The molecule has 0 aromatic heterocycles. The van der Waals surface area contributed by atoms with E-state index in [-0.39, 0.29) is 23.9 Å². The lowest BCUT2D eigenvalue weighted by Crippen LogP contribution is -2.51. The average molecular weight is 282 g/mol. The SMILES string of the molecule is CCC1C[C@H](C(=O)NC2CCCCC2N)[C@H](C(=O)O)C1. The number of rotatable bonds is 4. The van der Waals surface area contributed by atoms with Gasteiger partial charge in [0.15, 0.2) is 0 Å². The van der Waals surface area contributed by atoms with Gasteiger partial charge in [-0.3, -0.25) is 9.59 Å². The maximum atomic E-state index is 12.4. The zero-order valence-electron chi connectivity index (χ0n) is 12.2. The molecule has 20 heavy (non-hydrogen) atoms.